The summed E-state index contributed by atoms with van der Waals surface area (Å²) < 4.78 is 0. The Morgan fingerprint density at radius 3 is 0.947 bits per heavy atom. The monoisotopic (exact) mass is 954 g/mol. The first-order valence-electron chi connectivity index (χ1n) is 25.7. The summed E-state index contributed by atoms with van der Waals surface area (Å²) in [7, 11) is 0. The largest absolute Gasteiger partial charge is 0.311 e. The Balaban J connectivity index is 1.10. The second kappa shape index (κ2) is 18.6. The minimum Gasteiger partial charge on any atom is -0.311 e. The van der Waals surface area contributed by atoms with E-state index in [9.17, 15) is 0 Å². The number of nitrogens with zero attached hydrogens (tertiary/aromatic N) is 4. The van der Waals surface area contributed by atoms with Crippen LogP contribution < -0.4 is 26.2 Å². The molecule has 2 aliphatic rings. The predicted octanol–water partition coefficient (Wildman–Crippen LogP) is 16.2. The van der Waals surface area contributed by atoms with E-state index in [1.54, 1.807) is 0 Å². The Bertz CT molecular complexity index is 3680. The average Bonchev–Trinajstić information content (AvgIpc) is 3.50. The highest BCUT2D eigenvalue weighted by atomic mass is 15.2. The van der Waals surface area contributed by atoms with E-state index in [1.165, 1.54) is 16.4 Å². The topological polar surface area (TPSA) is 32.3 Å². The fourth-order valence-corrected chi connectivity index (χ4v) is 11.3. The van der Waals surface area contributed by atoms with Gasteiger partial charge in [-0.1, -0.05) is 218 Å². The van der Waals surface area contributed by atoms with Crippen LogP contribution in [-0.4, -0.2) is 16.7 Å². The lowest BCUT2D eigenvalue weighted by Gasteiger charge is -2.44. The van der Waals surface area contributed by atoms with E-state index in [4.69, 9.17) is 9.97 Å². The zero-order valence-electron chi connectivity index (χ0n) is 41.0. The second-order valence-electron chi connectivity index (χ2n) is 19.3. The van der Waals surface area contributed by atoms with Crippen LogP contribution in [0.5, 0.6) is 0 Å². The highest BCUT2D eigenvalue weighted by Crippen LogP contribution is 2.48. The van der Waals surface area contributed by atoms with Crippen LogP contribution in [0.25, 0.3) is 78.4 Å². The van der Waals surface area contributed by atoms with Crippen molar-refractivity contribution in [1.29, 1.82) is 0 Å². The van der Waals surface area contributed by atoms with E-state index in [0.717, 1.165) is 107 Å². The van der Waals surface area contributed by atoms with Crippen molar-refractivity contribution >= 4 is 57.2 Å². The maximum atomic E-state index is 5.51. The van der Waals surface area contributed by atoms with Gasteiger partial charge in [0.05, 0.1) is 11.4 Å². The van der Waals surface area contributed by atoms with Gasteiger partial charge in [-0.15, -0.1) is 0 Å². The molecule has 0 radical (unpaired) electrons. The van der Waals surface area contributed by atoms with E-state index in [-0.39, 0.29) is 6.71 Å². The van der Waals surface area contributed by atoms with Crippen LogP contribution in [0.4, 0.5) is 34.1 Å². The molecule has 11 aromatic carbocycles. The van der Waals surface area contributed by atoms with Gasteiger partial charge in [-0.05, 0) is 128 Å². The van der Waals surface area contributed by atoms with Crippen LogP contribution in [0.3, 0.4) is 0 Å². The molecule has 2 aliphatic heterocycles. The number of aromatic nitrogens is 2. The van der Waals surface area contributed by atoms with Gasteiger partial charge in [0.25, 0.3) is 6.71 Å². The first-order chi connectivity index (χ1) is 37.2. The molecule has 1 aromatic heterocycles. The third kappa shape index (κ3) is 7.99. The molecule has 0 bridgehead atoms. The SMILES string of the molecule is c1ccc(-c2cc(-c3ccccc3)cc(N3c4ccccc4B4c5ccccc5N(c5cc(-c6ccccc6)cc(-c6ccccc6)c5)c5cc(-c6cc(-c7ccccc7)nc(-c7ccccc7)n6)cc3c54)c2)cc1. The van der Waals surface area contributed by atoms with Crippen molar-refractivity contribution in [2.75, 3.05) is 9.80 Å². The standard InChI is InChI=1S/C70H47BN4/c1-7-23-48(24-8-1)54-39-55(49-25-9-2-10-26-49)42-59(41-54)74-65-37-21-19-35-61(65)71-62-36-20-22-38-66(62)75(60-43-56(50-27-11-3-12-28-50)40-57(44-60)51-29-13-4-14-30-51)68-46-58(45-67(74)69(68)71)64-47-63(52-31-15-5-16-32-52)72-70(73-64)53-33-17-6-18-34-53/h1-47H. The maximum Gasteiger partial charge on any atom is 0.252 e. The van der Waals surface area contributed by atoms with E-state index in [1.807, 2.05) is 6.07 Å². The van der Waals surface area contributed by atoms with Crippen LogP contribution >= 0.6 is 0 Å². The quantitative estimate of drug-likeness (QED) is 0.135. The molecule has 5 heteroatoms. The molecule has 0 spiro atoms. The Morgan fingerprint density at radius 1 is 0.240 bits per heavy atom. The third-order valence-electron chi connectivity index (χ3n) is 14.8. The van der Waals surface area contributed by atoms with Crippen molar-refractivity contribution in [3.05, 3.63) is 285 Å². The Morgan fingerprint density at radius 2 is 0.560 bits per heavy atom. The zero-order chi connectivity index (χ0) is 49.7. The molecule has 350 valence electrons. The number of rotatable bonds is 9. The lowest BCUT2D eigenvalue weighted by molar-refractivity contribution is 1.18. The molecule has 0 unspecified atom stereocenters. The van der Waals surface area contributed by atoms with Gasteiger partial charge in [0.1, 0.15) is 0 Å². The summed E-state index contributed by atoms with van der Waals surface area (Å²) in [5, 5.41) is 0. The smallest absolute Gasteiger partial charge is 0.252 e. The fourth-order valence-electron chi connectivity index (χ4n) is 11.3. The minimum absolute atomic E-state index is 0.0779. The van der Waals surface area contributed by atoms with Crippen LogP contribution in [0.1, 0.15) is 0 Å². The summed E-state index contributed by atoms with van der Waals surface area (Å²) in [6.45, 7) is -0.0779. The first-order valence-corrected chi connectivity index (χ1v) is 25.7. The number of hydrogen-bond acceptors (Lipinski definition) is 4. The van der Waals surface area contributed by atoms with Gasteiger partial charge in [-0.3, -0.25) is 0 Å². The summed E-state index contributed by atoms with van der Waals surface area (Å²) in [6.07, 6.45) is 0. The van der Waals surface area contributed by atoms with Crippen molar-refractivity contribution < 1.29 is 0 Å². The van der Waals surface area contributed by atoms with E-state index < -0.39 is 0 Å². The molecule has 3 heterocycles. The van der Waals surface area contributed by atoms with Crippen LogP contribution in [0.15, 0.2) is 285 Å². The number of anilines is 6. The maximum absolute atomic E-state index is 5.51. The summed E-state index contributed by atoms with van der Waals surface area (Å²) in [5.74, 6) is 0.673. The van der Waals surface area contributed by atoms with Gasteiger partial charge in [0.2, 0.25) is 0 Å². The lowest BCUT2D eigenvalue weighted by atomic mass is 9.33. The van der Waals surface area contributed by atoms with Gasteiger partial charge in [-0.2, -0.15) is 0 Å². The van der Waals surface area contributed by atoms with Crippen molar-refractivity contribution in [2.24, 2.45) is 0 Å². The molecule has 0 atom stereocenters. The highest BCUT2D eigenvalue weighted by Gasteiger charge is 2.44. The molecule has 12 aromatic rings. The van der Waals surface area contributed by atoms with E-state index in [0.29, 0.717) is 5.82 Å². The number of fused-ring (bicyclic) bond motifs is 4. The molecule has 0 fully saturated rings. The highest BCUT2D eigenvalue weighted by molar-refractivity contribution is 7.00. The number of benzene rings is 11. The van der Waals surface area contributed by atoms with Gasteiger partial charge >= 0.3 is 0 Å². The molecule has 4 nitrogen and oxygen atoms in total. The summed E-state index contributed by atoms with van der Waals surface area (Å²) >= 11 is 0. The molecular weight excluding hydrogens is 908 g/mol. The van der Waals surface area contributed by atoms with E-state index in [2.05, 4.69) is 289 Å². The molecule has 0 saturated heterocycles. The van der Waals surface area contributed by atoms with Crippen LogP contribution in [0.2, 0.25) is 0 Å². The third-order valence-corrected chi connectivity index (χ3v) is 14.8. The van der Waals surface area contributed by atoms with Crippen LogP contribution in [0, 0.1) is 0 Å². The minimum atomic E-state index is -0.0779. The molecule has 0 N–H and O–H groups in total. The Hall–Kier alpha value is -9.84. The first kappa shape index (κ1) is 43.9. The number of para-hydroxylation sites is 2. The summed E-state index contributed by atoms with van der Waals surface area (Å²) in [4.78, 5) is 15.8. The second-order valence-corrected chi connectivity index (χ2v) is 19.3. The lowest BCUT2D eigenvalue weighted by Crippen LogP contribution is -2.61. The van der Waals surface area contributed by atoms with Gasteiger partial charge in [0.15, 0.2) is 5.82 Å². The molecule has 14 rings (SSSR count). The predicted molar refractivity (Wildman–Crippen MR) is 314 cm³/mol. The number of hydrogen-bond donors (Lipinski definition) is 0. The summed E-state index contributed by atoms with van der Waals surface area (Å²) in [6, 6.07) is 103. The fraction of sp³-hybridized carbons (Fsp3) is 0. The average molecular weight is 955 g/mol. The molecule has 0 aliphatic carbocycles. The van der Waals surface area contributed by atoms with Gasteiger partial charge < -0.3 is 9.80 Å². The van der Waals surface area contributed by atoms with Crippen molar-refractivity contribution in [2.45, 2.75) is 0 Å². The van der Waals surface area contributed by atoms with Crippen LogP contribution in [-0.2, 0) is 0 Å². The molecular formula is C70H47BN4. The molecule has 0 amide bonds. The van der Waals surface area contributed by atoms with Crippen molar-refractivity contribution in [3.63, 3.8) is 0 Å². The molecule has 75 heavy (non-hydrogen) atoms. The Labute approximate surface area is 438 Å². The Kier molecular flexibility index (Phi) is 10.9. The van der Waals surface area contributed by atoms with E-state index >= 15 is 0 Å². The van der Waals surface area contributed by atoms with Gasteiger partial charge in [-0.25, -0.2) is 9.97 Å². The molecule has 0 saturated carbocycles. The zero-order valence-corrected chi connectivity index (χ0v) is 41.0. The normalized spacial score (nSPS) is 12.2. The van der Waals surface area contributed by atoms with Gasteiger partial charge in [0, 0.05) is 50.8 Å². The van der Waals surface area contributed by atoms with Crippen molar-refractivity contribution in [3.8, 4) is 78.4 Å². The van der Waals surface area contributed by atoms with Crippen molar-refractivity contribution in [1.82, 2.24) is 9.97 Å². The summed E-state index contributed by atoms with van der Waals surface area (Å²) in [5.41, 5.74) is 24.2.